The number of carbonyl (C=O) groups excluding carboxylic acids is 1. The Morgan fingerprint density at radius 2 is 1.97 bits per heavy atom. The van der Waals surface area contributed by atoms with Crippen LogP contribution in [0.4, 0.5) is 11.8 Å². The number of hydrogen-bond acceptors (Lipinski definition) is 7. The van der Waals surface area contributed by atoms with Crippen LogP contribution in [0.25, 0.3) is 11.0 Å². The fourth-order valence-electron chi connectivity index (χ4n) is 5.65. The lowest BCUT2D eigenvalue weighted by molar-refractivity contribution is 0.0678. The second-order valence-electron chi connectivity index (χ2n) is 9.59. The lowest BCUT2D eigenvalue weighted by Crippen LogP contribution is -2.44. The topological polar surface area (TPSA) is 125 Å². The van der Waals surface area contributed by atoms with E-state index < -0.39 is 5.97 Å². The third kappa shape index (κ3) is 3.77. The Hall–Kier alpha value is -3.53. The van der Waals surface area contributed by atoms with Crippen molar-refractivity contribution in [2.45, 2.75) is 44.2 Å². The third-order valence-corrected chi connectivity index (χ3v) is 7.25. The number of anilines is 2. The number of hydrogen-bond donors (Lipinski definition) is 3. The Labute approximate surface area is 196 Å². The number of likely N-dealkylation sites (tertiary alicyclic amines) is 1. The third-order valence-electron chi connectivity index (χ3n) is 7.25. The van der Waals surface area contributed by atoms with Gasteiger partial charge < -0.3 is 25.2 Å². The maximum absolute atomic E-state index is 12.9. The van der Waals surface area contributed by atoms with Crippen molar-refractivity contribution in [2.75, 3.05) is 25.0 Å². The average Bonchev–Trinajstić information content (AvgIpc) is 3.57. The van der Waals surface area contributed by atoms with Gasteiger partial charge in [-0.25, -0.2) is 14.8 Å². The quantitative estimate of drug-likeness (QED) is 0.530. The summed E-state index contributed by atoms with van der Waals surface area (Å²) in [7, 11) is 0. The van der Waals surface area contributed by atoms with Crippen LogP contribution in [0.5, 0.6) is 0 Å². The van der Waals surface area contributed by atoms with Gasteiger partial charge in [0.2, 0.25) is 5.95 Å². The van der Waals surface area contributed by atoms with Gasteiger partial charge in [0.1, 0.15) is 17.2 Å². The van der Waals surface area contributed by atoms with E-state index >= 15 is 0 Å². The van der Waals surface area contributed by atoms with Gasteiger partial charge in [-0.3, -0.25) is 4.79 Å². The maximum atomic E-state index is 12.9. The summed E-state index contributed by atoms with van der Waals surface area (Å²) in [5, 5.41) is 17.0. The van der Waals surface area contributed by atoms with Gasteiger partial charge in [0.05, 0.1) is 5.56 Å². The first kappa shape index (κ1) is 21.0. The van der Waals surface area contributed by atoms with Crippen LogP contribution in [-0.2, 0) is 0 Å². The Morgan fingerprint density at radius 1 is 1.12 bits per heavy atom. The van der Waals surface area contributed by atoms with Crippen LogP contribution < -0.4 is 10.6 Å². The molecule has 6 rings (SSSR count). The van der Waals surface area contributed by atoms with Crippen LogP contribution in [0.15, 0.2) is 30.6 Å². The maximum Gasteiger partial charge on any atom is 0.352 e. The lowest BCUT2D eigenvalue weighted by Gasteiger charge is -2.31. The van der Waals surface area contributed by atoms with Crippen LogP contribution in [-0.4, -0.2) is 67.1 Å². The molecule has 176 valence electrons. The van der Waals surface area contributed by atoms with Crippen LogP contribution >= 0.6 is 0 Å². The van der Waals surface area contributed by atoms with Gasteiger partial charge in [-0.05, 0) is 43.4 Å². The molecule has 3 aromatic rings. The van der Waals surface area contributed by atoms with Crippen molar-refractivity contribution < 1.29 is 14.7 Å². The summed E-state index contributed by atoms with van der Waals surface area (Å²) >= 11 is 0. The zero-order valence-corrected chi connectivity index (χ0v) is 18.8. The van der Waals surface area contributed by atoms with Gasteiger partial charge in [0.25, 0.3) is 5.91 Å². The van der Waals surface area contributed by atoms with Gasteiger partial charge in [-0.1, -0.05) is 12.8 Å². The Bertz CT molecular complexity index is 1240. The minimum Gasteiger partial charge on any atom is -0.477 e. The van der Waals surface area contributed by atoms with Crippen LogP contribution in [0.1, 0.15) is 59.0 Å². The molecule has 3 fully saturated rings. The van der Waals surface area contributed by atoms with Crippen molar-refractivity contribution in [1.82, 2.24) is 29.7 Å². The number of fused-ring (bicyclic) bond motifs is 3. The van der Waals surface area contributed by atoms with Gasteiger partial charge in [0.15, 0.2) is 0 Å². The van der Waals surface area contributed by atoms with E-state index in [1.807, 2.05) is 9.47 Å². The molecule has 0 aromatic carbocycles. The molecule has 0 radical (unpaired) electrons. The molecular formula is C24H27N7O3. The highest BCUT2D eigenvalue weighted by Crippen LogP contribution is 2.34. The molecule has 1 amide bonds. The SMILES string of the molecule is O=C(O)c1cc2cnc(Nc3ccc(C(=O)N4CC5CNC(C5)C4)cn3)nc2n1C1CCCC1. The second-order valence-corrected chi connectivity index (χ2v) is 9.59. The zero-order valence-electron chi connectivity index (χ0n) is 18.8. The molecule has 3 N–H and O–H groups in total. The number of pyridine rings is 1. The molecular weight excluding hydrogens is 434 g/mol. The lowest BCUT2D eigenvalue weighted by atomic mass is 9.99. The average molecular weight is 462 g/mol. The highest BCUT2D eigenvalue weighted by Gasteiger charge is 2.35. The van der Waals surface area contributed by atoms with Crippen molar-refractivity contribution in [1.29, 1.82) is 0 Å². The molecule has 2 atom stereocenters. The number of aromatic nitrogens is 4. The number of piperidine rings is 1. The Morgan fingerprint density at radius 3 is 2.71 bits per heavy atom. The molecule has 0 spiro atoms. The Kier molecular flexibility index (Phi) is 5.17. The zero-order chi connectivity index (χ0) is 23.2. The van der Waals surface area contributed by atoms with E-state index in [0.717, 1.165) is 51.7 Å². The van der Waals surface area contributed by atoms with Crippen LogP contribution in [0.3, 0.4) is 0 Å². The minimum atomic E-state index is -0.959. The molecule has 2 unspecified atom stereocenters. The smallest absolute Gasteiger partial charge is 0.352 e. The Balaban J connectivity index is 1.22. The van der Waals surface area contributed by atoms with Crippen LogP contribution in [0, 0.1) is 5.92 Å². The molecule has 10 heteroatoms. The molecule has 1 saturated carbocycles. The van der Waals surface area contributed by atoms with E-state index in [0.29, 0.717) is 40.3 Å². The number of nitrogens with one attached hydrogen (secondary N) is 2. The van der Waals surface area contributed by atoms with Crippen molar-refractivity contribution >= 4 is 34.7 Å². The van der Waals surface area contributed by atoms with E-state index in [2.05, 4.69) is 25.6 Å². The van der Waals surface area contributed by atoms with E-state index in [1.165, 1.54) is 0 Å². The first-order chi connectivity index (χ1) is 16.5. The summed E-state index contributed by atoms with van der Waals surface area (Å²) in [5.41, 5.74) is 1.42. The van der Waals surface area contributed by atoms with E-state index in [1.54, 1.807) is 30.6 Å². The number of nitrogens with zero attached hydrogens (tertiary/aromatic N) is 5. The summed E-state index contributed by atoms with van der Waals surface area (Å²) in [4.78, 5) is 40.0. The van der Waals surface area contributed by atoms with Gasteiger partial charge in [-0.15, -0.1) is 0 Å². The number of carbonyl (C=O) groups is 2. The van der Waals surface area contributed by atoms with Gasteiger partial charge in [-0.2, -0.15) is 4.98 Å². The van der Waals surface area contributed by atoms with Crippen molar-refractivity contribution in [3.05, 3.63) is 41.9 Å². The minimum absolute atomic E-state index is 0.00529. The fourth-order valence-corrected chi connectivity index (χ4v) is 5.65. The molecule has 5 heterocycles. The number of amides is 1. The van der Waals surface area contributed by atoms with Crippen molar-refractivity contribution in [2.24, 2.45) is 5.92 Å². The summed E-state index contributed by atoms with van der Waals surface area (Å²) in [6.45, 7) is 2.51. The molecule has 3 aliphatic rings. The highest BCUT2D eigenvalue weighted by atomic mass is 16.4. The normalized spacial score (nSPS) is 22.4. The predicted octanol–water partition coefficient (Wildman–Crippen LogP) is 2.82. The molecule has 3 aromatic heterocycles. The van der Waals surface area contributed by atoms with Crippen LogP contribution in [0.2, 0.25) is 0 Å². The molecule has 1 aliphatic carbocycles. The molecule has 2 saturated heterocycles. The van der Waals surface area contributed by atoms with Gasteiger partial charge in [0, 0.05) is 49.5 Å². The van der Waals surface area contributed by atoms with Gasteiger partial charge >= 0.3 is 5.97 Å². The molecule has 34 heavy (non-hydrogen) atoms. The summed E-state index contributed by atoms with van der Waals surface area (Å²) < 4.78 is 1.84. The second kappa shape index (κ2) is 8.35. The van der Waals surface area contributed by atoms with E-state index in [4.69, 9.17) is 0 Å². The van der Waals surface area contributed by atoms with Crippen molar-refractivity contribution in [3.8, 4) is 0 Å². The van der Waals surface area contributed by atoms with E-state index in [-0.39, 0.29) is 17.6 Å². The number of rotatable bonds is 5. The largest absolute Gasteiger partial charge is 0.477 e. The standard InChI is InChI=1S/C24H27N7O3/c32-22(30-12-14-7-17(13-30)25-9-14)15-5-6-20(26-10-15)28-24-27-11-16-8-19(23(33)34)31(21(16)29-24)18-3-1-2-4-18/h5-6,8,10-11,14,17-18,25H,1-4,7,9,12-13H2,(H,33,34)(H,26,27,28,29). The van der Waals surface area contributed by atoms with E-state index in [9.17, 15) is 14.7 Å². The molecule has 2 bridgehead atoms. The first-order valence-electron chi connectivity index (χ1n) is 11.9. The summed E-state index contributed by atoms with van der Waals surface area (Å²) in [6, 6.07) is 5.68. The summed E-state index contributed by atoms with van der Waals surface area (Å²) in [5.74, 6) is 0.443. The predicted molar refractivity (Wildman–Crippen MR) is 125 cm³/mol. The first-order valence-corrected chi connectivity index (χ1v) is 11.9. The molecule has 10 nitrogen and oxygen atoms in total. The summed E-state index contributed by atoms with van der Waals surface area (Å²) in [6.07, 6.45) is 8.43. The van der Waals surface area contributed by atoms with Crippen molar-refractivity contribution in [3.63, 3.8) is 0 Å². The number of carboxylic acids is 1. The monoisotopic (exact) mass is 461 g/mol. The highest BCUT2D eigenvalue weighted by molar-refractivity contribution is 5.94. The molecule has 2 aliphatic heterocycles. The fraction of sp³-hybridized carbons (Fsp3) is 0.458. The number of carboxylic acid groups (broad SMARTS) is 1. The number of aromatic carboxylic acids is 1.